The maximum absolute atomic E-state index is 9.17. The number of nitrogens with zero attached hydrogens (tertiary/aromatic N) is 1. The fourth-order valence-electron chi connectivity index (χ4n) is 2.21. The summed E-state index contributed by atoms with van der Waals surface area (Å²) in [5.41, 5.74) is 2.66. The van der Waals surface area contributed by atoms with E-state index in [-0.39, 0.29) is 12.6 Å². The van der Waals surface area contributed by atoms with Gasteiger partial charge in [-0.1, -0.05) is 36.8 Å². The summed E-state index contributed by atoms with van der Waals surface area (Å²) in [6.07, 6.45) is 1.05. The van der Waals surface area contributed by atoms with Crippen molar-refractivity contribution in [1.29, 1.82) is 0 Å². The van der Waals surface area contributed by atoms with E-state index in [9.17, 15) is 0 Å². The van der Waals surface area contributed by atoms with Crippen LogP contribution >= 0.6 is 0 Å². The van der Waals surface area contributed by atoms with E-state index in [0.29, 0.717) is 6.04 Å². The van der Waals surface area contributed by atoms with Crippen molar-refractivity contribution in [2.75, 3.05) is 26.7 Å². The lowest BCUT2D eigenvalue weighted by Gasteiger charge is -2.26. The summed E-state index contributed by atoms with van der Waals surface area (Å²) < 4.78 is 0. The summed E-state index contributed by atoms with van der Waals surface area (Å²) in [6.45, 7) is 8.49. The molecule has 108 valence electrons. The number of rotatable bonds is 8. The zero-order valence-corrected chi connectivity index (χ0v) is 12.7. The van der Waals surface area contributed by atoms with Crippen LogP contribution in [0, 0.1) is 6.92 Å². The Morgan fingerprint density at radius 2 is 2.11 bits per heavy atom. The van der Waals surface area contributed by atoms with Crippen molar-refractivity contribution in [2.45, 2.75) is 39.3 Å². The minimum Gasteiger partial charge on any atom is -0.395 e. The van der Waals surface area contributed by atoms with Crippen LogP contribution in [0.2, 0.25) is 0 Å². The van der Waals surface area contributed by atoms with Crippen LogP contribution in [0.3, 0.4) is 0 Å². The van der Waals surface area contributed by atoms with E-state index < -0.39 is 0 Å². The van der Waals surface area contributed by atoms with Gasteiger partial charge in [-0.25, -0.2) is 0 Å². The minimum atomic E-state index is 0.215. The summed E-state index contributed by atoms with van der Waals surface area (Å²) in [5.74, 6) is 0. The van der Waals surface area contributed by atoms with Gasteiger partial charge in [-0.15, -0.1) is 0 Å². The van der Waals surface area contributed by atoms with E-state index in [2.05, 4.69) is 62.3 Å². The smallest absolute Gasteiger partial charge is 0.0584 e. The van der Waals surface area contributed by atoms with Crippen molar-refractivity contribution in [2.24, 2.45) is 0 Å². The van der Waals surface area contributed by atoms with Crippen molar-refractivity contribution in [3.63, 3.8) is 0 Å². The number of aliphatic hydroxyl groups is 1. The highest BCUT2D eigenvalue weighted by Crippen LogP contribution is 2.18. The van der Waals surface area contributed by atoms with Crippen LogP contribution in [0.5, 0.6) is 0 Å². The maximum Gasteiger partial charge on any atom is 0.0584 e. The van der Waals surface area contributed by atoms with E-state index in [1.165, 1.54) is 11.1 Å². The molecule has 0 saturated carbocycles. The number of aryl methyl sites for hydroxylation is 1. The summed E-state index contributed by atoms with van der Waals surface area (Å²) in [7, 11) is 2.07. The third kappa shape index (κ3) is 5.31. The van der Waals surface area contributed by atoms with E-state index >= 15 is 0 Å². The van der Waals surface area contributed by atoms with Gasteiger partial charge >= 0.3 is 0 Å². The lowest BCUT2D eigenvalue weighted by Crippen LogP contribution is -2.35. The Bertz CT molecular complexity index is 368. The van der Waals surface area contributed by atoms with Gasteiger partial charge in [0.05, 0.1) is 6.61 Å². The molecule has 1 aromatic carbocycles. The van der Waals surface area contributed by atoms with Gasteiger partial charge in [0.25, 0.3) is 0 Å². The second-order valence-electron chi connectivity index (χ2n) is 5.33. The fraction of sp³-hybridized carbons (Fsp3) is 0.625. The Balaban J connectivity index is 2.63. The monoisotopic (exact) mass is 264 g/mol. The standard InChI is InChI=1S/C16H28N2O/c1-5-17-16(9-10-18(4)14(3)12-19)15-8-6-7-13(2)11-15/h6-8,11,14,16-17,19H,5,9-10,12H2,1-4H3. The predicted molar refractivity (Wildman–Crippen MR) is 81.4 cm³/mol. The van der Waals surface area contributed by atoms with Gasteiger partial charge in [0.15, 0.2) is 0 Å². The number of hydrogen-bond donors (Lipinski definition) is 2. The topological polar surface area (TPSA) is 35.5 Å². The van der Waals surface area contributed by atoms with Crippen molar-refractivity contribution in [3.8, 4) is 0 Å². The quantitative estimate of drug-likeness (QED) is 0.756. The highest BCUT2D eigenvalue weighted by molar-refractivity contribution is 5.25. The van der Waals surface area contributed by atoms with Crippen LogP contribution in [-0.4, -0.2) is 42.8 Å². The molecule has 0 fully saturated rings. The molecule has 0 aliphatic heterocycles. The molecule has 2 N–H and O–H groups in total. The molecule has 0 heterocycles. The molecule has 0 aromatic heterocycles. The average molecular weight is 264 g/mol. The molecule has 0 spiro atoms. The van der Waals surface area contributed by atoms with Crippen LogP contribution in [-0.2, 0) is 0 Å². The second-order valence-corrected chi connectivity index (χ2v) is 5.33. The largest absolute Gasteiger partial charge is 0.395 e. The Labute approximate surface area is 117 Å². The van der Waals surface area contributed by atoms with Gasteiger partial charge in [0.1, 0.15) is 0 Å². The molecule has 0 amide bonds. The molecule has 0 saturated heterocycles. The molecule has 2 unspecified atom stereocenters. The number of hydrogen-bond acceptors (Lipinski definition) is 3. The molecule has 0 radical (unpaired) electrons. The summed E-state index contributed by atoms with van der Waals surface area (Å²) in [5, 5.41) is 12.7. The van der Waals surface area contributed by atoms with Gasteiger partial charge in [0.2, 0.25) is 0 Å². The van der Waals surface area contributed by atoms with Gasteiger partial charge in [0, 0.05) is 18.6 Å². The summed E-state index contributed by atoms with van der Waals surface area (Å²) in [6, 6.07) is 9.30. The van der Waals surface area contributed by atoms with Crippen molar-refractivity contribution < 1.29 is 5.11 Å². The van der Waals surface area contributed by atoms with Crippen LogP contribution in [0.1, 0.15) is 37.4 Å². The maximum atomic E-state index is 9.17. The zero-order chi connectivity index (χ0) is 14.3. The molecule has 2 atom stereocenters. The Hall–Kier alpha value is -0.900. The summed E-state index contributed by atoms with van der Waals surface area (Å²) >= 11 is 0. The van der Waals surface area contributed by atoms with Crippen LogP contribution in [0.15, 0.2) is 24.3 Å². The first kappa shape index (κ1) is 16.2. The number of likely N-dealkylation sites (N-methyl/N-ethyl adjacent to an activating group) is 1. The molecule has 0 aliphatic rings. The van der Waals surface area contributed by atoms with E-state index in [0.717, 1.165) is 19.5 Å². The molecule has 3 heteroatoms. The molecule has 19 heavy (non-hydrogen) atoms. The molecule has 0 bridgehead atoms. The third-order valence-electron chi connectivity index (χ3n) is 3.68. The molecular weight excluding hydrogens is 236 g/mol. The van der Waals surface area contributed by atoms with E-state index in [1.807, 2.05) is 0 Å². The number of aliphatic hydroxyl groups excluding tert-OH is 1. The predicted octanol–water partition coefficient (Wildman–Crippen LogP) is 2.35. The van der Waals surface area contributed by atoms with Gasteiger partial charge in [-0.05, 0) is 39.4 Å². The molecule has 3 nitrogen and oxygen atoms in total. The van der Waals surface area contributed by atoms with Crippen LogP contribution in [0.25, 0.3) is 0 Å². The van der Waals surface area contributed by atoms with Gasteiger partial charge < -0.3 is 15.3 Å². The SMILES string of the molecule is CCNC(CCN(C)C(C)CO)c1cccc(C)c1. The highest BCUT2D eigenvalue weighted by atomic mass is 16.3. The number of benzene rings is 1. The first-order chi connectivity index (χ1) is 9.08. The molecule has 1 rings (SSSR count). The second kappa shape index (κ2) is 8.31. The molecule has 0 aliphatic carbocycles. The van der Waals surface area contributed by atoms with Crippen LogP contribution in [0.4, 0.5) is 0 Å². The first-order valence-corrected chi connectivity index (χ1v) is 7.19. The number of nitrogens with one attached hydrogen (secondary N) is 1. The van der Waals surface area contributed by atoms with Gasteiger partial charge in [-0.2, -0.15) is 0 Å². The summed E-state index contributed by atoms with van der Waals surface area (Å²) in [4.78, 5) is 2.21. The van der Waals surface area contributed by atoms with Crippen LogP contribution < -0.4 is 5.32 Å². The minimum absolute atomic E-state index is 0.215. The fourth-order valence-corrected chi connectivity index (χ4v) is 2.21. The molecule has 1 aromatic rings. The first-order valence-electron chi connectivity index (χ1n) is 7.19. The van der Waals surface area contributed by atoms with Gasteiger partial charge in [-0.3, -0.25) is 0 Å². The Morgan fingerprint density at radius 1 is 1.37 bits per heavy atom. The normalized spacial score (nSPS) is 14.6. The van der Waals surface area contributed by atoms with E-state index in [1.54, 1.807) is 0 Å². The van der Waals surface area contributed by atoms with E-state index in [4.69, 9.17) is 5.11 Å². The Kier molecular flexibility index (Phi) is 7.06. The van der Waals surface area contributed by atoms with Crippen molar-refractivity contribution >= 4 is 0 Å². The molecular formula is C16H28N2O. The van der Waals surface area contributed by atoms with Crippen molar-refractivity contribution in [1.82, 2.24) is 10.2 Å². The lowest BCUT2D eigenvalue weighted by atomic mass is 10.0. The van der Waals surface area contributed by atoms with Crippen molar-refractivity contribution in [3.05, 3.63) is 35.4 Å². The average Bonchev–Trinajstić information content (AvgIpc) is 2.42. The third-order valence-corrected chi connectivity index (χ3v) is 3.68. The zero-order valence-electron chi connectivity index (χ0n) is 12.7. The Morgan fingerprint density at radius 3 is 2.68 bits per heavy atom. The lowest BCUT2D eigenvalue weighted by molar-refractivity contribution is 0.154. The highest BCUT2D eigenvalue weighted by Gasteiger charge is 2.13.